The molecule has 1 saturated carbocycles. The molecule has 0 heterocycles. The normalized spacial score (nSPS) is 22.4. The van der Waals surface area contributed by atoms with E-state index in [0.717, 1.165) is 31.2 Å². The van der Waals surface area contributed by atoms with Crippen molar-refractivity contribution in [2.75, 3.05) is 6.54 Å². The van der Waals surface area contributed by atoms with E-state index in [9.17, 15) is 5.11 Å². The topological polar surface area (TPSA) is 46.2 Å². The summed E-state index contributed by atoms with van der Waals surface area (Å²) >= 11 is 6.21. The molecule has 17 heavy (non-hydrogen) atoms. The molecule has 1 aromatic rings. The average molecular weight is 254 g/mol. The van der Waals surface area contributed by atoms with Crippen molar-refractivity contribution in [3.63, 3.8) is 0 Å². The first kappa shape index (κ1) is 12.9. The minimum absolute atomic E-state index is 0.224. The standard InChI is InChI=1S/C14H20ClNO/c1-13(17,11-6-2-3-7-12(11)15)14(10-16)8-4-5-9-14/h2-3,6-7,17H,4-5,8-10,16H2,1H3. The Morgan fingerprint density at radius 1 is 1.35 bits per heavy atom. The SMILES string of the molecule is CC(O)(c1ccccc1Cl)C1(CN)CCCC1. The summed E-state index contributed by atoms with van der Waals surface area (Å²) in [6.07, 6.45) is 4.22. The zero-order valence-corrected chi connectivity index (χ0v) is 11.0. The van der Waals surface area contributed by atoms with Crippen molar-refractivity contribution in [2.45, 2.75) is 38.2 Å². The zero-order chi connectivity index (χ0) is 12.5. The Kier molecular flexibility index (Phi) is 3.48. The van der Waals surface area contributed by atoms with Gasteiger partial charge in [0.05, 0.1) is 5.60 Å². The Hall–Kier alpha value is -0.570. The van der Waals surface area contributed by atoms with Gasteiger partial charge in [-0.1, -0.05) is 42.6 Å². The summed E-state index contributed by atoms with van der Waals surface area (Å²) in [5.74, 6) is 0. The van der Waals surface area contributed by atoms with E-state index in [1.54, 1.807) is 0 Å². The van der Waals surface area contributed by atoms with Crippen LogP contribution in [0, 0.1) is 5.41 Å². The third-order valence-electron chi connectivity index (χ3n) is 4.38. The maximum absolute atomic E-state index is 11.0. The van der Waals surface area contributed by atoms with Gasteiger partial charge in [-0.05, 0) is 25.8 Å². The average Bonchev–Trinajstić information content (AvgIpc) is 2.79. The first-order valence-corrected chi connectivity index (χ1v) is 6.59. The van der Waals surface area contributed by atoms with E-state index in [0.29, 0.717) is 11.6 Å². The lowest BCUT2D eigenvalue weighted by Crippen LogP contribution is -2.47. The number of hydrogen-bond donors (Lipinski definition) is 2. The maximum Gasteiger partial charge on any atom is 0.0950 e. The van der Waals surface area contributed by atoms with Crippen molar-refractivity contribution < 1.29 is 5.11 Å². The van der Waals surface area contributed by atoms with Gasteiger partial charge in [-0.25, -0.2) is 0 Å². The van der Waals surface area contributed by atoms with Gasteiger partial charge < -0.3 is 10.8 Å². The number of hydrogen-bond acceptors (Lipinski definition) is 2. The van der Waals surface area contributed by atoms with Crippen molar-refractivity contribution in [1.29, 1.82) is 0 Å². The van der Waals surface area contributed by atoms with Gasteiger partial charge in [-0.2, -0.15) is 0 Å². The molecule has 94 valence electrons. The fraction of sp³-hybridized carbons (Fsp3) is 0.571. The van der Waals surface area contributed by atoms with Crippen molar-refractivity contribution in [3.05, 3.63) is 34.9 Å². The maximum atomic E-state index is 11.0. The molecule has 1 atom stereocenters. The second-order valence-corrected chi connectivity index (χ2v) is 5.65. The molecule has 0 spiro atoms. The molecule has 0 radical (unpaired) electrons. The first-order chi connectivity index (χ1) is 8.03. The van der Waals surface area contributed by atoms with Crippen LogP contribution in [0.3, 0.4) is 0 Å². The van der Waals surface area contributed by atoms with Crippen LogP contribution in [-0.2, 0) is 5.60 Å². The highest BCUT2D eigenvalue weighted by Gasteiger charge is 2.49. The summed E-state index contributed by atoms with van der Waals surface area (Å²) in [7, 11) is 0. The molecular weight excluding hydrogens is 234 g/mol. The summed E-state index contributed by atoms with van der Waals surface area (Å²) in [5, 5.41) is 11.6. The molecule has 0 aliphatic heterocycles. The lowest BCUT2D eigenvalue weighted by Gasteiger charge is -2.43. The molecule has 2 rings (SSSR count). The molecule has 0 saturated heterocycles. The fourth-order valence-corrected chi connectivity index (χ4v) is 3.40. The van der Waals surface area contributed by atoms with Crippen LogP contribution in [0.2, 0.25) is 5.02 Å². The monoisotopic (exact) mass is 253 g/mol. The number of halogens is 1. The van der Waals surface area contributed by atoms with Gasteiger partial charge in [0.2, 0.25) is 0 Å². The highest BCUT2D eigenvalue weighted by atomic mass is 35.5. The summed E-state index contributed by atoms with van der Waals surface area (Å²) in [6, 6.07) is 7.52. The molecular formula is C14H20ClNO. The molecule has 0 aromatic heterocycles. The van der Waals surface area contributed by atoms with Crippen LogP contribution in [0.4, 0.5) is 0 Å². The molecule has 0 bridgehead atoms. The van der Waals surface area contributed by atoms with E-state index >= 15 is 0 Å². The lowest BCUT2D eigenvalue weighted by atomic mass is 9.68. The molecule has 3 N–H and O–H groups in total. The zero-order valence-electron chi connectivity index (χ0n) is 10.2. The third-order valence-corrected chi connectivity index (χ3v) is 4.71. The molecule has 1 aromatic carbocycles. The minimum Gasteiger partial charge on any atom is -0.385 e. The number of rotatable bonds is 3. The Balaban J connectivity index is 2.45. The largest absolute Gasteiger partial charge is 0.385 e. The predicted molar refractivity (Wildman–Crippen MR) is 71.0 cm³/mol. The Labute approximate surface area is 108 Å². The van der Waals surface area contributed by atoms with Crippen LogP contribution in [0.15, 0.2) is 24.3 Å². The van der Waals surface area contributed by atoms with Crippen molar-refractivity contribution in [2.24, 2.45) is 11.1 Å². The minimum atomic E-state index is -0.948. The van der Waals surface area contributed by atoms with E-state index in [1.807, 2.05) is 31.2 Å². The molecule has 0 amide bonds. The second kappa shape index (κ2) is 4.60. The first-order valence-electron chi connectivity index (χ1n) is 6.21. The summed E-state index contributed by atoms with van der Waals surface area (Å²) in [4.78, 5) is 0. The molecule has 3 heteroatoms. The van der Waals surface area contributed by atoms with E-state index < -0.39 is 5.60 Å². The summed E-state index contributed by atoms with van der Waals surface area (Å²) in [6.45, 7) is 2.36. The summed E-state index contributed by atoms with van der Waals surface area (Å²) < 4.78 is 0. The van der Waals surface area contributed by atoms with Crippen LogP contribution in [0.5, 0.6) is 0 Å². The van der Waals surface area contributed by atoms with Gasteiger partial charge in [-0.15, -0.1) is 0 Å². The van der Waals surface area contributed by atoms with Gasteiger partial charge in [0.1, 0.15) is 0 Å². The smallest absolute Gasteiger partial charge is 0.0950 e. The van der Waals surface area contributed by atoms with E-state index in [1.165, 1.54) is 0 Å². The van der Waals surface area contributed by atoms with Crippen LogP contribution < -0.4 is 5.73 Å². The fourth-order valence-electron chi connectivity index (χ4n) is 3.08. The lowest BCUT2D eigenvalue weighted by molar-refractivity contribution is -0.0692. The van der Waals surface area contributed by atoms with Gasteiger partial charge >= 0.3 is 0 Å². The number of nitrogens with two attached hydrogens (primary N) is 1. The molecule has 1 fully saturated rings. The Morgan fingerprint density at radius 3 is 2.47 bits per heavy atom. The Morgan fingerprint density at radius 2 is 1.94 bits per heavy atom. The van der Waals surface area contributed by atoms with Crippen molar-refractivity contribution >= 4 is 11.6 Å². The Bertz CT molecular complexity index is 397. The van der Waals surface area contributed by atoms with Crippen molar-refractivity contribution in [1.82, 2.24) is 0 Å². The highest BCUT2D eigenvalue weighted by molar-refractivity contribution is 6.31. The molecule has 2 nitrogen and oxygen atoms in total. The van der Waals surface area contributed by atoms with E-state index in [-0.39, 0.29) is 5.41 Å². The quantitative estimate of drug-likeness (QED) is 0.870. The molecule has 1 aliphatic carbocycles. The van der Waals surface area contributed by atoms with Crippen molar-refractivity contribution in [3.8, 4) is 0 Å². The van der Waals surface area contributed by atoms with Crippen LogP contribution in [-0.4, -0.2) is 11.7 Å². The third kappa shape index (κ3) is 1.99. The number of benzene rings is 1. The van der Waals surface area contributed by atoms with Gasteiger partial charge in [-0.3, -0.25) is 0 Å². The summed E-state index contributed by atoms with van der Waals surface area (Å²) in [5.41, 5.74) is 5.57. The van der Waals surface area contributed by atoms with E-state index in [4.69, 9.17) is 17.3 Å². The van der Waals surface area contributed by atoms with Crippen LogP contribution in [0.25, 0.3) is 0 Å². The second-order valence-electron chi connectivity index (χ2n) is 5.24. The van der Waals surface area contributed by atoms with Gasteiger partial charge in [0.25, 0.3) is 0 Å². The van der Waals surface area contributed by atoms with Crippen LogP contribution >= 0.6 is 11.6 Å². The predicted octanol–water partition coefficient (Wildman–Crippen LogP) is 3.07. The van der Waals surface area contributed by atoms with Crippen LogP contribution in [0.1, 0.15) is 38.2 Å². The molecule has 1 unspecified atom stereocenters. The highest BCUT2D eigenvalue weighted by Crippen LogP contribution is 2.51. The van der Waals surface area contributed by atoms with Gasteiger partial charge in [0.15, 0.2) is 0 Å². The van der Waals surface area contributed by atoms with Gasteiger partial charge in [0, 0.05) is 22.5 Å². The van der Waals surface area contributed by atoms with E-state index in [2.05, 4.69) is 0 Å². The number of aliphatic hydroxyl groups is 1. The molecule has 1 aliphatic rings.